The van der Waals surface area contributed by atoms with Crippen molar-refractivity contribution in [3.63, 3.8) is 0 Å². The van der Waals surface area contributed by atoms with Gasteiger partial charge in [0.15, 0.2) is 0 Å². The zero-order valence-corrected chi connectivity index (χ0v) is 8.94. The van der Waals surface area contributed by atoms with Gasteiger partial charge in [-0.15, -0.1) is 0 Å². The number of nitrogens with one attached hydrogen (secondary N) is 1. The summed E-state index contributed by atoms with van der Waals surface area (Å²) in [6.45, 7) is 1.59. The highest BCUT2D eigenvalue weighted by molar-refractivity contribution is 5.73. The van der Waals surface area contributed by atoms with E-state index in [1.807, 2.05) is 30.3 Å². The number of hydrogen-bond acceptors (Lipinski definition) is 2. The molecule has 0 aliphatic carbocycles. The van der Waals surface area contributed by atoms with Crippen molar-refractivity contribution >= 4 is 5.91 Å². The van der Waals surface area contributed by atoms with Crippen LogP contribution in [-0.4, -0.2) is 23.7 Å². The molecule has 0 heterocycles. The van der Waals surface area contributed by atoms with Crippen LogP contribution in [0.25, 0.3) is 0 Å². The number of benzene rings is 1. The van der Waals surface area contributed by atoms with Crippen LogP contribution in [0.2, 0.25) is 0 Å². The van der Waals surface area contributed by atoms with E-state index in [1.165, 1.54) is 12.5 Å². The van der Waals surface area contributed by atoms with Gasteiger partial charge in [-0.25, -0.2) is 0 Å². The van der Waals surface area contributed by atoms with Gasteiger partial charge in [-0.05, 0) is 18.4 Å². The summed E-state index contributed by atoms with van der Waals surface area (Å²) in [4.78, 5) is 10.9. The third kappa shape index (κ3) is 4.61. The Morgan fingerprint density at radius 2 is 2.07 bits per heavy atom. The van der Waals surface area contributed by atoms with E-state index in [4.69, 9.17) is 5.11 Å². The van der Waals surface area contributed by atoms with E-state index >= 15 is 0 Å². The molecule has 1 amide bonds. The number of hydrogen-bond donors (Lipinski definition) is 2. The maximum Gasteiger partial charge on any atom is 0.217 e. The van der Waals surface area contributed by atoms with Crippen LogP contribution >= 0.6 is 0 Å². The zero-order valence-electron chi connectivity index (χ0n) is 8.94. The first-order chi connectivity index (χ1) is 7.22. The molecule has 82 valence electrons. The normalized spacial score (nSPS) is 12.1. The molecule has 0 saturated heterocycles. The van der Waals surface area contributed by atoms with Gasteiger partial charge < -0.3 is 10.4 Å². The summed E-state index contributed by atoms with van der Waals surface area (Å²) in [6.07, 6.45) is 1.36. The minimum absolute atomic E-state index is 0.0231. The lowest BCUT2D eigenvalue weighted by molar-refractivity contribution is -0.119. The third-order valence-electron chi connectivity index (χ3n) is 2.21. The molecule has 1 atom stereocenters. The average Bonchev–Trinajstić information content (AvgIpc) is 2.18. The van der Waals surface area contributed by atoms with Crippen molar-refractivity contribution in [1.82, 2.24) is 5.32 Å². The SMILES string of the molecule is CC(=O)NC(CCO)Cc1ccccc1. The summed E-state index contributed by atoms with van der Waals surface area (Å²) in [6, 6.07) is 9.97. The molecular formula is C12H17NO2. The summed E-state index contributed by atoms with van der Waals surface area (Å²) in [5.74, 6) is -0.0515. The van der Waals surface area contributed by atoms with Crippen molar-refractivity contribution in [2.24, 2.45) is 0 Å². The van der Waals surface area contributed by atoms with Gasteiger partial charge in [0.1, 0.15) is 0 Å². The summed E-state index contributed by atoms with van der Waals surface area (Å²) in [5.41, 5.74) is 1.17. The molecule has 1 rings (SSSR count). The Morgan fingerprint density at radius 1 is 1.40 bits per heavy atom. The van der Waals surface area contributed by atoms with Crippen molar-refractivity contribution < 1.29 is 9.90 Å². The molecule has 0 bridgehead atoms. The monoisotopic (exact) mass is 207 g/mol. The molecule has 0 radical (unpaired) electrons. The van der Waals surface area contributed by atoms with Gasteiger partial charge in [-0.2, -0.15) is 0 Å². The third-order valence-corrected chi connectivity index (χ3v) is 2.21. The Hall–Kier alpha value is -1.35. The number of amides is 1. The highest BCUT2D eigenvalue weighted by Crippen LogP contribution is 2.05. The van der Waals surface area contributed by atoms with Crippen LogP contribution < -0.4 is 5.32 Å². The molecule has 0 saturated carbocycles. The standard InChI is InChI=1S/C12H17NO2/c1-10(15)13-12(7-8-14)9-11-5-3-2-4-6-11/h2-6,12,14H,7-9H2,1H3,(H,13,15). The largest absolute Gasteiger partial charge is 0.396 e. The smallest absolute Gasteiger partial charge is 0.217 e. The molecule has 0 spiro atoms. The van der Waals surface area contributed by atoms with Gasteiger partial charge in [-0.3, -0.25) is 4.79 Å². The van der Waals surface area contributed by atoms with Gasteiger partial charge in [0.05, 0.1) is 0 Å². The predicted octanol–water partition coefficient (Wildman–Crippen LogP) is 1.12. The number of carbonyl (C=O) groups excluding carboxylic acids is 1. The first-order valence-electron chi connectivity index (χ1n) is 5.14. The summed E-state index contributed by atoms with van der Waals surface area (Å²) >= 11 is 0. The van der Waals surface area contributed by atoms with Crippen LogP contribution in [-0.2, 0) is 11.2 Å². The van der Waals surface area contributed by atoms with Gasteiger partial charge in [0, 0.05) is 19.6 Å². The van der Waals surface area contributed by atoms with E-state index in [2.05, 4.69) is 5.32 Å². The lowest BCUT2D eigenvalue weighted by Gasteiger charge is -2.16. The molecule has 2 N–H and O–H groups in total. The van der Waals surface area contributed by atoms with Gasteiger partial charge in [0.25, 0.3) is 0 Å². The summed E-state index contributed by atoms with van der Waals surface area (Å²) in [5, 5.41) is 11.7. The van der Waals surface area contributed by atoms with Crippen molar-refractivity contribution in [3.8, 4) is 0 Å². The molecule has 1 unspecified atom stereocenters. The molecule has 15 heavy (non-hydrogen) atoms. The van der Waals surface area contributed by atoms with Crippen molar-refractivity contribution in [3.05, 3.63) is 35.9 Å². The summed E-state index contributed by atoms with van der Waals surface area (Å²) in [7, 11) is 0. The summed E-state index contributed by atoms with van der Waals surface area (Å²) < 4.78 is 0. The Kier molecular flexibility index (Phi) is 4.84. The van der Waals surface area contributed by atoms with Crippen molar-refractivity contribution in [1.29, 1.82) is 0 Å². The molecule has 1 aromatic rings. The fourth-order valence-electron chi connectivity index (χ4n) is 1.57. The quantitative estimate of drug-likeness (QED) is 0.760. The van der Waals surface area contributed by atoms with Crippen LogP contribution in [0.5, 0.6) is 0 Å². The van der Waals surface area contributed by atoms with Crippen molar-refractivity contribution in [2.45, 2.75) is 25.8 Å². The molecule has 0 fully saturated rings. The average molecular weight is 207 g/mol. The molecule has 1 aromatic carbocycles. The van der Waals surface area contributed by atoms with Crippen LogP contribution in [0.4, 0.5) is 0 Å². The van der Waals surface area contributed by atoms with E-state index < -0.39 is 0 Å². The second-order valence-electron chi connectivity index (χ2n) is 3.60. The fraction of sp³-hybridized carbons (Fsp3) is 0.417. The molecule has 3 nitrogen and oxygen atoms in total. The maximum absolute atomic E-state index is 10.9. The molecule has 0 aliphatic heterocycles. The van der Waals surface area contributed by atoms with Crippen LogP contribution in [0.3, 0.4) is 0 Å². The zero-order chi connectivity index (χ0) is 11.1. The molecule has 0 aromatic heterocycles. The second-order valence-corrected chi connectivity index (χ2v) is 3.60. The minimum Gasteiger partial charge on any atom is -0.396 e. The number of aliphatic hydroxyl groups is 1. The van der Waals surface area contributed by atoms with Gasteiger partial charge in [0.2, 0.25) is 5.91 Å². The van der Waals surface area contributed by atoms with E-state index in [0.717, 1.165) is 6.42 Å². The number of rotatable bonds is 5. The van der Waals surface area contributed by atoms with Crippen LogP contribution in [0, 0.1) is 0 Å². The molecule has 0 aliphatic rings. The van der Waals surface area contributed by atoms with Crippen LogP contribution in [0.1, 0.15) is 18.9 Å². The molecule has 3 heteroatoms. The first kappa shape index (κ1) is 11.7. The van der Waals surface area contributed by atoms with E-state index in [0.29, 0.717) is 6.42 Å². The Balaban J connectivity index is 2.54. The Bertz CT molecular complexity index is 298. The van der Waals surface area contributed by atoms with Gasteiger partial charge in [-0.1, -0.05) is 30.3 Å². The van der Waals surface area contributed by atoms with Gasteiger partial charge >= 0.3 is 0 Å². The number of aliphatic hydroxyl groups excluding tert-OH is 1. The van der Waals surface area contributed by atoms with Crippen molar-refractivity contribution in [2.75, 3.05) is 6.61 Å². The van der Waals surface area contributed by atoms with E-state index in [-0.39, 0.29) is 18.6 Å². The number of carbonyl (C=O) groups is 1. The first-order valence-corrected chi connectivity index (χ1v) is 5.14. The highest BCUT2D eigenvalue weighted by Gasteiger charge is 2.09. The Morgan fingerprint density at radius 3 is 2.60 bits per heavy atom. The van der Waals surface area contributed by atoms with E-state index in [9.17, 15) is 4.79 Å². The fourth-order valence-corrected chi connectivity index (χ4v) is 1.57. The predicted molar refractivity (Wildman–Crippen MR) is 59.5 cm³/mol. The van der Waals surface area contributed by atoms with E-state index in [1.54, 1.807) is 0 Å². The molecular weight excluding hydrogens is 190 g/mol. The lowest BCUT2D eigenvalue weighted by atomic mass is 10.0. The second kappa shape index (κ2) is 6.19. The van der Waals surface area contributed by atoms with Crippen LogP contribution in [0.15, 0.2) is 30.3 Å². The minimum atomic E-state index is -0.0515. The lowest BCUT2D eigenvalue weighted by Crippen LogP contribution is -2.35. The highest BCUT2D eigenvalue weighted by atomic mass is 16.3. The Labute approximate surface area is 90.1 Å². The maximum atomic E-state index is 10.9. The topological polar surface area (TPSA) is 49.3 Å².